The van der Waals surface area contributed by atoms with Crippen LogP contribution in [0.25, 0.3) is 0 Å². The lowest BCUT2D eigenvalue weighted by molar-refractivity contribution is 0.286. The molecule has 0 fully saturated rings. The molecule has 0 saturated heterocycles. The first-order chi connectivity index (χ1) is 6.33. The monoisotopic (exact) mass is 181 g/mol. The summed E-state index contributed by atoms with van der Waals surface area (Å²) >= 11 is 0. The van der Waals surface area contributed by atoms with Crippen LogP contribution in [0.4, 0.5) is 0 Å². The molecule has 0 saturated carbocycles. The SMILES string of the molecule is OCCCNCc1ccc(O)cc1. The molecule has 0 aliphatic heterocycles. The van der Waals surface area contributed by atoms with Crippen LogP contribution < -0.4 is 5.32 Å². The van der Waals surface area contributed by atoms with Crippen molar-refractivity contribution >= 4 is 0 Å². The van der Waals surface area contributed by atoms with Crippen LogP contribution in [0.15, 0.2) is 24.3 Å². The molecule has 3 heteroatoms. The fourth-order valence-corrected chi connectivity index (χ4v) is 1.05. The van der Waals surface area contributed by atoms with Gasteiger partial charge in [0, 0.05) is 13.2 Å². The Bertz CT molecular complexity index is 233. The van der Waals surface area contributed by atoms with E-state index in [9.17, 15) is 0 Å². The number of hydrogen-bond donors (Lipinski definition) is 3. The summed E-state index contributed by atoms with van der Waals surface area (Å²) in [5, 5.41) is 20.7. The summed E-state index contributed by atoms with van der Waals surface area (Å²) < 4.78 is 0. The molecular weight excluding hydrogens is 166 g/mol. The molecular formula is C10H15NO2. The molecule has 0 aromatic heterocycles. The van der Waals surface area contributed by atoms with E-state index in [1.807, 2.05) is 12.1 Å². The Morgan fingerprint density at radius 3 is 2.46 bits per heavy atom. The van der Waals surface area contributed by atoms with E-state index in [0.717, 1.165) is 25.1 Å². The highest BCUT2D eigenvalue weighted by atomic mass is 16.3. The Hall–Kier alpha value is -1.06. The van der Waals surface area contributed by atoms with Crippen molar-refractivity contribution < 1.29 is 10.2 Å². The molecule has 0 bridgehead atoms. The average Bonchev–Trinajstić information content (AvgIpc) is 2.15. The van der Waals surface area contributed by atoms with Gasteiger partial charge in [-0.1, -0.05) is 12.1 Å². The van der Waals surface area contributed by atoms with Crippen LogP contribution in [-0.4, -0.2) is 23.4 Å². The van der Waals surface area contributed by atoms with Crippen molar-refractivity contribution in [2.45, 2.75) is 13.0 Å². The number of hydrogen-bond acceptors (Lipinski definition) is 3. The number of aliphatic hydroxyl groups excluding tert-OH is 1. The Morgan fingerprint density at radius 2 is 1.85 bits per heavy atom. The summed E-state index contributed by atoms with van der Waals surface area (Å²) in [6, 6.07) is 7.09. The van der Waals surface area contributed by atoms with Gasteiger partial charge >= 0.3 is 0 Å². The molecule has 0 spiro atoms. The molecule has 0 heterocycles. The van der Waals surface area contributed by atoms with E-state index >= 15 is 0 Å². The third kappa shape index (κ3) is 3.92. The first kappa shape index (κ1) is 10.0. The van der Waals surface area contributed by atoms with Crippen LogP contribution in [0.2, 0.25) is 0 Å². The summed E-state index contributed by atoms with van der Waals surface area (Å²) in [6.07, 6.45) is 0.776. The van der Waals surface area contributed by atoms with Crippen LogP contribution in [0.5, 0.6) is 5.75 Å². The zero-order valence-corrected chi connectivity index (χ0v) is 7.53. The smallest absolute Gasteiger partial charge is 0.115 e. The maximum atomic E-state index is 9.01. The first-order valence-corrected chi connectivity index (χ1v) is 4.42. The van der Waals surface area contributed by atoms with Gasteiger partial charge in [0.1, 0.15) is 5.75 Å². The number of aromatic hydroxyl groups is 1. The summed E-state index contributed by atoms with van der Waals surface area (Å²) in [5.41, 5.74) is 1.13. The first-order valence-electron chi connectivity index (χ1n) is 4.42. The number of aliphatic hydroxyl groups is 1. The fraction of sp³-hybridized carbons (Fsp3) is 0.400. The van der Waals surface area contributed by atoms with Gasteiger partial charge in [-0.05, 0) is 30.7 Å². The summed E-state index contributed by atoms with van der Waals surface area (Å²) in [6.45, 7) is 1.82. The van der Waals surface area contributed by atoms with Crippen LogP contribution >= 0.6 is 0 Å². The molecule has 0 unspecified atom stereocenters. The van der Waals surface area contributed by atoms with Crippen molar-refractivity contribution in [2.75, 3.05) is 13.2 Å². The second kappa shape index (κ2) is 5.56. The summed E-state index contributed by atoms with van der Waals surface area (Å²) in [5.74, 6) is 0.291. The molecule has 0 radical (unpaired) electrons. The van der Waals surface area contributed by atoms with Crippen molar-refractivity contribution in [3.8, 4) is 5.75 Å². The van der Waals surface area contributed by atoms with Crippen molar-refractivity contribution in [1.82, 2.24) is 5.32 Å². The molecule has 3 N–H and O–H groups in total. The van der Waals surface area contributed by atoms with E-state index in [2.05, 4.69) is 5.32 Å². The van der Waals surface area contributed by atoms with Gasteiger partial charge in [0.2, 0.25) is 0 Å². The normalized spacial score (nSPS) is 10.2. The minimum Gasteiger partial charge on any atom is -0.508 e. The molecule has 0 amide bonds. The lowest BCUT2D eigenvalue weighted by Crippen LogP contribution is -2.15. The van der Waals surface area contributed by atoms with Gasteiger partial charge < -0.3 is 15.5 Å². The summed E-state index contributed by atoms with van der Waals surface area (Å²) in [4.78, 5) is 0. The number of benzene rings is 1. The number of nitrogens with one attached hydrogen (secondary N) is 1. The minimum absolute atomic E-state index is 0.225. The van der Waals surface area contributed by atoms with Gasteiger partial charge in [0.15, 0.2) is 0 Å². The molecule has 13 heavy (non-hydrogen) atoms. The summed E-state index contributed by atoms with van der Waals surface area (Å²) in [7, 11) is 0. The zero-order chi connectivity index (χ0) is 9.52. The van der Waals surface area contributed by atoms with Gasteiger partial charge in [0.25, 0.3) is 0 Å². The van der Waals surface area contributed by atoms with Gasteiger partial charge in [0.05, 0.1) is 0 Å². The van der Waals surface area contributed by atoms with E-state index in [-0.39, 0.29) is 6.61 Å². The average molecular weight is 181 g/mol. The van der Waals surface area contributed by atoms with E-state index in [0.29, 0.717) is 5.75 Å². The van der Waals surface area contributed by atoms with Crippen molar-refractivity contribution in [2.24, 2.45) is 0 Å². The molecule has 0 aliphatic rings. The van der Waals surface area contributed by atoms with Crippen molar-refractivity contribution in [3.05, 3.63) is 29.8 Å². The number of phenols is 1. The molecule has 72 valence electrons. The van der Waals surface area contributed by atoms with Gasteiger partial charge in [-0.15, -0.1) is 0 Å². The quantitative estimate of drug-likeness (QED) is 0.591. The largest absolute Gasteiger partial charge is 0.508 e. The third-order valence-electron chi connectivity index (χ3n) is 1.78. The lowest BCUT2D eigenvalue weighted by Gasteiger charge is -2.03. The Morgan fingerprint density at radius 1 is 1.15 bits per heavy atom. The molecule has 0 aliphatic carbocycles. The maximum Gasteiger partial charge on any atom is 0.115 e. The van der Waals surface area contributed by atoms with Crippen molar-refractivity contribution in [1.29, 1.82) is 0 Å². The lowest BCUT2D eigenvalue weighted by atomic mass is 10.2. The van der Waals surface area contributed by atoms with Crippen molar-refractivity contribution in [3.63, 3.8) is 0 Å². The van der Waals surface area contributed by atoms with Crippen LogP contribution in [-0.2, 0) is 6.54 Å². The third-order valence-corrected chi connectivity index (χ3v) is 1.78. The number of rotatable bonds is 5. The van der Waals surface area contributed by atoms with Crippen LogP contribution in [0.3, 0.4) is 0 Å². The Balaban J connectivity index is 2.25. The zero-order valence-electron chi connectivity index (χ0n) is 7.53. The number of phenolic OH excluding ortho intramolecular Hbond substituents is 1. The van der Waals surface area contributed by atoms with E-state index < -0.39 is 0 Å². The predicted octanol–water partition coefficient (Wildman–Crippen LogP) is 0.864. The molecule has 1 rings (SSSR count). The topological polar surface area (TPSA) is 52.5 Å². The van der Waals surface area contributed by atoms with Gasteiger partial charge in [-0.3, -0.25) is 0 Å². The highest BCUT2D eigenvalue weighted by Gasteiger charge is 1.92. The molecule has 0 atom stereocenters. The second-order valence-corrected chi connectivity index (χ2v) is 2.92. The standard InChI is InChI=1S/C10H15NO2/c12-7-1-6-11-8-9-2-4-10(13)5-3-9/h2-5,11-13H,1,6-8H2. The molecule has 1 aromatic rings. The second-order valence-electron chi connectivity index (χ2n) is 2.92. The minimum atomic E-state index is 0.225. The predicted molar refractivity (Wildman–Crippen MR) is 51.5 cm³/mol. The Labute approximate surface area is 78.0 Å². The van der Waals surface area contributed by atoms with Gasteiger partial charge in [-0.2, -0.15) is 0 Å². The highest BCUT2D eigenvalue weighted by molar-refractivity contribution is 5.25. The van der Waals surface area contributed by atoms with E-state index in [1.165, 1.54) is 0 Å². The molecule has 3 nitrogen and oxygen atoms in total. The maximum absolute atomic E-state index is 9.01. The fourth-order valence-electron chi connectivity index (χ4n) is 1.05. The van der Waals surface area contributed by atoms with E-state index in [1.54, 1.807) is 12.1 Å². The van der Waals surface area contributed by atoms with Crippen LogP contribution in [0, 0.1) is 0 Å². The van der Waals surface area contributed by atoms with Gasteiger partial charge in [-0.25, -0.2) is 0 Å². The van der Waals surface area contributed by atoms with Crippen LogP contribution in [0.1, 0.15) is 12.0 Å². The molecule has 1 aromatic carbocycles. The highest BCUT2D eigenvalue weighted by Crippen LogP contribution is 2.08. The Kier molecular flexibility index (Phi) is 4.29. The van der Waals surface area contributed by atoms with E-state index in [4.69, 9.17) is 10.2 Å².